The fourth-order valence-electron chi connectivity index (χ4n) is 3.78. The summed E-state index contributed by atoms with van der Waals surface area (Å²) in [7, 11) is 0. The molecule has 0 spiro atoms. The molecule has 2 aromatic carbocycles. The Kier molecular flexibility index (Phi) is 4.56. The molecule has 0 bridgehead atoms. The van der Waals surface area contributed by atoms with Crippen LogP contribution in [0.3, 0.4) is 0 Å². The van der Waals surface area contributed by atoms with E-state index in [1.54, 1.807) is 19.1 Å². The summed E-state index contributed by atoms with van der Waals surface area (Å²) in [5.74, 6) is 0.595. The average Bonchev–Trinajstić information content (AvgIpc) is 2.69. The van der Waals surface area contributed by atoms with E-state index >= 15 is 0 Å². The number of hydrogen-bond donors (Lipinski definition) is 0. The summed E-state index contributed by atoms with van der Waals surface area (Å²) in [6.45, 7) is 3.66. The van der Waals surface area contributed by atoms with Gasteiger partial charge in [-0.05, 0) is 62.8 Å². The molecule has 138 valence electrons. The van der Waals surface area contributed by atoms with Gasteiger partial charge >= 0.3 is 5.63 Å². The molecule has 0 radical (unpaired) electrons. The highest BCUT2D eigenvalue weighted by molar-refractivity contribution is 5.99. The number of Topliss-reactive ketones (excluding diaryl/α,β-unsaturated/α-hetero) is 1. The molecule has 0 amide bonds. The van der Waals surface area contributed by atoms with Gasteiger partial charge in [-0.3, -0.25) is 4.79 Å². The molecular weight excluding hydrogens is 340 g/mol. The smallest absolute Gasteiger partial charge is 0.339 e. The van der Waals surface area contributed by atoms with E-state index in [2.05, 4.69) is 0 Å². The van der Waals surface area contributed by atoms with Gasteiger partial charge in [0.2, 0.25) is 5.78 Å². The van der Waals surface area contributed by atoms with Crippen molar-refractivity contribution in [2.24, 2.45) is 0 Å². The van der Waals surface area contributed by atoms with Crippen LogP contribution < -0.4 is 10.4 Å². The Labute approximate surface area is 157 Å². The predicted molar refractivity (Wildman–Crippen MR) is 105 cm³/mol. The van der Waals surface area contributed by atoms with E-state index in [1.807, 2.05) is 37.3 Å². The van der Waals surface area contributed by atoms with Crippen molar-refractivity contribution in [3.05, 3.63) is 75.1 Å². The molecule has 4 rings (SSSR count). The molecule has 1 aliphatic rings. The first-order valence-electron chi connectivity index (χ1n) is 9.39. The zero-order chi connectivity index (χ0) is 19.0. The summed E-state index contributed by atoms with van der Waals surface area (Å²) in [4.78, 5) is 24.9. The number of hydrogen-bond acceptors (Lipinski definition) is 4. The van der Waals surface area contributed by atoms with Crippen LogP contribution in [0, 0.1) is 6.92 Å². The summed E-state index contributed by atoms with van der Waals surface area (Å²) in [6, 6.07) is 12.9. The van der Waals surface area contributed by atoms with Gasteiger partial charge < -0.3 is 9.15 Å². The third-order valence-electron chi connectivity index (χ3n) is 5.25. The molecule has 1 heterocycles. The summed E-state index contributed by atoms with van der Waals surface area (Å²) < 4.78 is 11.6. The Bertz CT molecular complexity index is 1060. The van der Waals surface area contributed by atoms with Gasteiger partial charge in [-0.1, -0.05) is 30.3 Å². The minimum absolute atomic E-state index is 0.0586. The van der Waals surface area contributed by atoms with E-state index in [0.717, 1.165) is 47.8 Å². The van der Waals surface area contributed by atoms with Crippen molar-refractivity contribution in [3.8, 4) is 5.75 Å². The molecule has 0 saturated carbocycles. The molecule has 0 N–H and O–H groups in total. The molecule has 0 saturated heterocycles. The Morgan fingerprint density at radius 1 is 1.07 bits per heavy atom. The van der Waals surface area contributed by atoms with Gasteiger partial charge in [0.15, 0.2) is 6.10 Å². The third-order valence-corrected chi connectivity index (χ3v) is 5.25. The van der Waals surface area contributed by atoms with Crippen LogP contribution >= 0.6 is 0 Å². The second-order valence-electron chi connectivity index (χ2n) is 7.16. The number of benzene rings is 2. The van der Waals surface area contributed by atoms with Crippen molar-refractivity contribution in [3.63, 3.8) is 0 Å². The zero-order valence-corrected chi connectivity index (χ0v) is 15.6. The Hall–Kier alpha value is -2.88. The topological polar surface area (TPSA) is 56.5 Å². The third kappa shape index (κ3) is 3.27. The molecule has 0 aliphatic heterocycles. The van der Waals surface area contributed by atoms with Crippen molar-refractivity contribution >= 4 is 16.8 Å². The molecule has 4 heteroatoms. The molecule has 1 atom stereocenters. The molecule has 0 unspecified atom stereocenters. The molecule has 1 aliphatic carbocycles. The number of rotatable bonds is 4. The maximum absolute atomic E-state index is 12.6. The van der Waals surface area contributed by atoms with Crippen LogP contribution in [0.15, 0.2) is 51.7 Å². The van der Waals surface area contributed by atoms with Gasteiger partial charge in [0, 0.05) is 16.5 Å². The van der Waals surface area contributed by atoms with Crippen LogP contribution in [0.25, 0.3) is 11.0 Å². The lowest BCUT2D eigenvalue weighted by Gasteiger charge is -2.19. The second kappa shape index (κ2) is 7.03. The number of fused-ring (bicyclic) bond motifs is 3. The number of ketones is 1. The molecule has 3 aromatic rings. The molecule has 27 heavy (non-hydrogen) atoms. The van der Waals surface area contributed by atoms with E-state index in [4.69, 9.17) is 9.15 Å². The molecular formula is C23H22O4. The first-order chi connectivity index (χ1) is 13.0. The standard InChI is InChI=1S/C23H22O4/c1-14-12-21-19(17-10-6-7-11-18(17)23(25)27-21)13-20(14)26-15(2)22(24)16-8-4-3-5-9-16/h3-5,8-9,12-13,15H,6-7,10-11H2,1-2H3/t15-/m0/s1. The number of carbonyl (C=O) groups excluding carboxylic acids is 1. The van der Waals surface area contributed by atoms with Gasteiger partial charge in [0.1, 0.15) is 11.3 Å². The van der Waals surface area contributed by atoms with Crippen molar-refractivity contribution in [2.45, 2.75) is 45.6 Å². The van der Waals surface area contributed by atoms with Crippen LogP contribution in [-0.2, 0) is 12.8 Å². The second-order valence-corrected chi connectivity index (χ2v) is 7.16. The van der Waals surface area contributed by atoms with Gasteiger partial charge in [0.25, 0.3) is 0 Å². The SMILES string of the molecule is Cc1cc2oc(=O)c3c(c2cc1O[C@@H](C)C(=O)c1ccccc1)CCCC3. The fourth-order valence-corrected chi connectivity index (χ4v) is 3.78. The quantitative estimate of drug-likeness (QED) is 0.501. The Morgan fingerprint density at radius 3 is 2.52 bits per heavy atom. The van der Waals surface area contributed by atoms with E-state index in [-0.39, 0.29) is 11.4 Å². The van der Waals surface area contributed by atoms with Crippen molar-refractivity contribution < 1.29 is 13.9 Å². The number of aryl methyl sites for hydroxylation is 2. The number of ether oxygens (including phenoxy) is 1. The highest BCUT2D eigenvalue weighted by atomic mass is 16.5. The van der Waals surface area contributed by atoms with Crippen molar-refractivity contribution in [2.75, 3.05) is 0 Å². The summed E-state index contributed by atoms with van der Waals surface area (Å²) >= 11 is 0. The summed E-state index contributed by atoms with van der Waals surface area (Å²) in [6.07, 6.45) is 3.12. The van der Waals surface area contributed by atoms with Gasteiger partial charge in [-0.2, -0.15) is 0 Å². The molecule has 0 fully saturated rings. The summed E-state index contributed by atoms with van der Waals surface area (Å²) in [5.41, 5.74) is 3.70. The lowest BCUT2D eigenvalue weighted by atomic mass is 9.90. The first kappa shape index (κ1) is 17.5. The van der Waals surface area contributed by atoms with Crippen molar-refractivity contribution in [1.29, 1.82) is 0 Å². The zero-order valence-electron chi connectivity index (χ0n) is 15.6. The Balaban J connectivity index is 1.72. The fraction of sp³-hybridized carbons (Fsp3) is 0.304. The minimum atomic E-state index is -0.602. The predicted octanol–water partition coefficient (Wildman–Crippen LogP) is 4.63. The first-order valence-corrected chi connectivity index (χ1v) is 9.39. The normalized spacial score (nSPS) is 14.6. The van der Waals surface area contributed by atoms with E-state index in [1.165, 1.54) is 0 Å². The minimum Gasteiger partial charge on any atom is -0.482 e. The van der Waals surface area contributed by atoms with Crippen LogP contribution in [-0.4, -0.2) is 11.9 Å². The summed E-state index contributed by atoms with van der Waals surface area (Å²) in [5, 5.41) is 0.921. The maximum Gasteiger partial charge on any atom is 0.339 e. The van der Waals surface area contributed by atoms with E-state index in [9.17, 15) is 9.59 Å². The van der Waals surface area contributed by atoms with Crippen LogP contribution in [0.5, 0.6) is 5.75 Å². The monoisotopic (exact) mass is 362 g/mol. The van der Waals surface area contributed by atoms with Gasteiger partial charge in [-0.15, -0.1) is 0 Å². The van der Waals surface area contributed by atoms with Gasteiger partial charge in [0.05, 0.1) is 0 Å². The molecule has 1 aromatic heterocycles. The van der Waals surface area contributed by atoms with Crippen LogP contribution in [0.4, 0.5) is 0 Å². The van der Waals surface area contributed by atoms with Crippen LogP contribution in [0.2, 0.25) is 0 Å². The Morgan fingerprint density at radius 2 is 1.78 bits per heavy atom. The largest absolute Gasteiger partial charge is 0.482 e. The van der Waals surface area contributed by atoms with E-state index < -0.39 is 6.10 Å². The highest BCUT2D eigenvalue weighted by Gasteiger charge is 2.21. The lowest BCUT2D eigenvalue weighted by Crippen LogP contribution is -2.24. The maximum atomic E-state index is 12.6. The van der Waals surface area contributed by atoms with Crippen LogP contribution in [0.1, 0.15) is 46.8 Å². The highest BCUT2D eigenvalue weighted by Crippen LogP contribution is 2.32. The van der Waals surface area contributed by atoms with Gasteiger partial charge in [-0.25, -0.2) is 4.79 Å². The lowest BCUT2D eigenvalue weighted by molar-refractivity contribution is 0.0817. The van der Waals surface area contributed by atoms with Crippen molar-refractivity contribution in [1.82, 2.24) is 0 Å². The van der Waals surface area contributed by atoms with E-state index in [0.29, 0.717) is 16.9 Å². The average molecular weight is 362 g/mol. The molecule has 4 nitrogen and oxygen atoms in total. The number of carbonyl (C=O) groups is 1.